The molecule has 0 unspecified atom stereocenters. The highest BCUT2D eigenvalue weighted by Gasteiger charge is 2.08. The Kier molecular flexibility index (Phi) is 2.68. The molecule has 0 spiro atoms. The Balaban J connectivity index is 2.43. The van der Waals surface area contributed by atoms with Gasteiger partial charge in [0.15, 0.2) is 0 Å². The first-order chi connectivity index (χ1) is 7.66. The molecule has 0 aliphatic rings. The van der Waals surface area contributed by atoms with Crippen LogP contribution in [0.3, 0.4) is 0 Å². The van der Waals surface area contributed by atoms with Crippen molar-refractivity contribution in [2.45, 2.75) is 6.42 Å². The van der Waals surface area contributed by atoms with Gasteiger partial charge < -0.3 is 4.98 Å². The first kappa shape index (κ1) is 10.4. The van der Waals surface area contributed by atoms with E-state index in [0.717, 1.165) is 5.56 Å². The van der Waals surface area contributed by atoms with Gasteiger partial charge >= 0.3 is 5.69 Å². The molecule has 16 heavy (non-hydrogen) atoms. The average Bonchev–Trinajstić information content (AvgIpc) is 2.27. The van der Waals surface area contributed by atoms with E-state index in [1.54, 1.807) is 24.3 Å². The van der Waals surface area contributed by atoms with E-state index in [9.17, 15) is 14.0 Å². The molecule has 0 aliphatic heterocycles. The van der Waals surface area contributed by atoms with E-state index in [0.29, 0.717) is 0 Å². The van der Waals surface area contributed by atoms with Crippen molar-refractivity contribution in [3.05, 3.63) is 68.2 Å². The lowest BCUT2D eigenvalue weighted by atomic mass is 10.1. The second-order valence-electron chi connectivity index (χ2n) is 3.36. The first-order valence-electron chi connectivity index (χ1n) is 4.72. The third kappa shape index (κ3) is 2.08. The number of aromatic amines is 2. The maximum absolute atomic E-state index is 13.4. The number of hydrogen-bond donors (Lipinski definition) is 2. The third-order valence-electron chi connectivity index (χ3n) is 2.18. The number of rotatable bonds is 2. The van der Waals surface area contributed by atoms with Gasteiger partial charge in [0, 0.05) is 6.42 Å². The molecule has 0 bridgehead atoms. The SMILES string of the molecule is O=c1[nH]c(Cc2ccccc2)c(F)c(=O)[nH]1. The Hall–Kier alpha value is -2.17. The molecule has 0 atom stereocenters. The fourth-order valence-electron chi connectivity index (χ4n) is 1.44. The van der Waals surface area contributed by atoms with Gasteiger partial charge in [0.2, 0.25) is 5.82 Å². The van der Waals surface area contributed by atoms with Crippen LogP contribution in [0.5, 0.6) is 0 Å². The van der Waals surface area contributed by atoms with Crippen molar-refractivity contribution in [2.24, 2.45) is 0 Å². The van der Waals surface area contributed by atoms with Gasteiger partial charge in [-0.25, -0.2) is 4.79 Å². The van der Waals surface area contributed by atoms with Crippen LogP contribution in [0.25, 0.3) is 0 Å². The van der Waals surface area contributed by atoms with Crippen LogP contribution in [0, 0.1) is 5.82 Å². The van der Waals surface area contributed by atoms with Crippen molar-refractivity contribution in [1.82, 2.24) is 9.97 Å². The normalized spacial score (nSPS) is 10.3. The minimum absolute atomic E-state index is 0.0000463. The molecule has 5 heteroatoms. The predicted molar refractivity (Wildman–Crippen MR) is 56.9 cm³/mol. The summed E-state index contributed by atoms with van der Waals surface area (Å²) >= 11 is 0. The van der Waals surface area contributed by atoms with E-state index in [2.05, 4.69) is 4.98 Å². The molecule has 1 aromatic carbocycles. The minimum atomic E-state index is -0.991. The summed E-state index contributed by atoms with van der Waals surface area (Å²) in [6.45, 7) is 0. The summed E-state index contributed by atoms with van der Waals surface area (Å²) in [5.74, 6) is -0.941. The zero-order valence-corrected chi connectivity index (χ0v) is 8.29. The highest BCUT2D eigenvalue weighted by molar-refractivity contribution is 5.21. The molecule has 82 valence electrons. The lowest BCUT2D eigenvalue weighted by Crippen LogP contribution is -2.27. The number of H-pyrrole nitrogens is 2. The van der Waals surface area contributed by atoms with E-state index >= 15 is 0 Å². The van der Waals surface area contributed by atoms with Crippen LogP contribution in [0.4, 0.5) is 4.39 Å². The lowest BCUT2D eigenvalue weighted by molar-refractivity contribution is 0.578. The van der Waals surface area contributed by atoms with Crippen LogP contribution in [-0.2, 0) is 6.42 Å². The Morgan fingerprint density at radius 1 is 1.06 bits per heavy atom. The van der Waals surface area contributed by atoms with Crippen molar-refractivity contribution < 1.29 is 4.39 Å². The molecular weight excluding hydrogens is 211 g/mol. The van der Waals surface area contributed by atoms with Gasteiger partial charge in [-0.1, -0.05) is 30.3 Å². The van der Waals surface area contributed by atoms with Crippen LogP contribution in [-0.4, -0.2) is 9.97 Å². The summed E-state index contributed by atoms with van der Waals surface area (Å²) < 4.78 is 13.4. The number of benzene rings is 1. The molecule has 1 heterocycles. The molecule has 4 nitrogen and oxygen atoms in total. The minimum Gasteiger partial charge on any atom is -0.308 e. The second-order valence-corrected chi connectivity index (χ2v) is 3.36. The fraction of sp³-hybridized carbons (Fsp3) is 0.0909. The summed E-state index contributed by atoms with van der Waals surface area (Å²) in [6, 6.07) is 9.02. The Labute approximate surface area is 89.8 Å². The molecule has 2 rings (SSSR count). The number of hydrogen-bond acceptors (Lipinski definition) is 2. The quantitative estimate of drug-likeness (QED) is 0.785. The van der Waals surface area contributed by atoms with Gasteiger partial charge in [-0.15, -0.1) is 0 Å². The second kappa shape index (κ2) is 4.14. The largest absolute Gasteiger partial charge is 0.326 e. The summed E-state index contributed by atoms with van der Waals surface area (Å²) in [5.41, 5.74) is -0.866. The van der Waals surface area contributed by atoms with E-state index < -0.39 is 17.1 Å². The molecular formula is C11H9FN2O2. The highest BCUT2D eigenvalue weighted by atomic mass is 19.1. The molecule has 0 amide bonds. The van der Waals surface area contributed by atoms with E-state index in [1.165, 1.54) is 0 Å². The Morgan fingerprint density at radius 2 is 1.75 bits per heavy atom. The molecule has 0 saturated carbocycles. The topological polar surface area (TPSA) is 65.7 Å². The van der Waals surface area contributed by atoms with Gasteiger partial charge in [0.05, 0.1) is 5.69 Å². The van der Waals surface area contributed by atoms with Crippen molar-refractivity contribution in [3.63, 3.8) is 0 Å². The highest BCUT2D eigenvalue weighted by Crippen LogP contribution is 2.06. The van der Waals surface area contributed by atoms with Crippen LogP contribution >= 0.6 is 0 Å². The molecule has 0 aliphatic carbocycles. The van der Waals surface area contributed by atoms with E-state index in [4.69, 9.17) is 0 Å². The summed E-state index contributed by atoms with van der Waals surface area (Å²) in [7, 11) is 0. The van der Waals surface area contributed by atoms with Crippen molar-refractivity contribution in [1.29, 1.82) is 0 Å². The third-order valence-corrected chi connectivity index (χ3v) is 2.18. The maximum atomic E-state index is 13.4. The van der Waals surface area contributed by atoms with Crippen molar-refractivity contribution in [3.8, 4) is 0 Å². The average molecular weight is 220 g/mol. The van der Waals surface area contributed by atoms with Crippen LogP contribution in [0.15, 0.2) is 39.9 Å². The zero-order valence-electron chi connectivity index (χ0n) is 8.29. The summed E-state index contributed by atoms with van der Waals surface area (Å²) in [5, 5.41) is 0. The monoisotopic (exact) mass is 220 g/mol. The molecule has 0 saturated heterocycles. The van der Waals surface area contributed by atoms with Gasteiger partial charge in [-0.3, -0.25) is 9.78 Å². The van der Waals surface area contributed by atoms with Gasteiger partial charge in [-0.2, -0.15) is 4.39 Å². The Morgan fingerprint density at radius 3 is 2.44 bits per heavy atom. The van der Waals surface area contributed by atoms with Gasteiger partial charge in [0.25, 0.3) is 5.56 Å². The molecule has 0 fully saturated rings. The van der Waals surface area contributed by atoms with Crippen LogP contribution in [0.1, 0.15) is 11.3 Å². The summed E-state index contributed by atoms with van der Waals surface area (Å²) in [6.07, 6.45) is 0.186. The van der Waals surface area contributed by atoms with Gasteiger partial charge in [0.1, 0.15) is 0 Å². The fourth-order valence-corrected chi connectivity index (χ4v) is 1.44. The molecule has 2 aromatic rings. The van der Waals surface area contributed by atoms with E-state index in [1.807, 2.05) is 11.1 Å². The standard InChI is InChI=1S/C11H9FN2O2/c12-9-8(13-11(16)14-10(9)15)6-7-4-2-1-3-5-7/h1-5H,6H2,(H2,13,14,15,16). The van der Waals surface area contributed by atoms with Crippen LogP contribution in [0.2, 0.25) is 0 Å². The van der Waals surface area contributed by atoms with Crippen molar-refractivity contribution >= 4 is 0 Å². The van der Waals surface area contributed by atoms with Gasteiger partial charge in [-0.05, 0) is 5.56 Å². The van der Waals surface area contributed by atoms with E-state index in [-0.39, 0.29) is 12.1 Å². The Bertz CT molecular complexity index is 601. The van der Waals surface area contributed by atoms with Crippen molar-refractivity contribution in [2.75, 3.05) is 0 Å². The first-order valence-corrected chi connectivity index (χ1v) is 4.72. The summed E-state index contributed by atoms with van der Waals surface area (Å²) in [4.78, 5) is 26.1. The molecule has 0 radical (unpaired) electrons. The lowest BCUT2D eigenvalue weighted by Gasteiger charge is -2.01. The predicted octanol–water partition coefficient (Wildman–Crippen LogP) is 0.793. The molecule has 1 aromatic heterocycles. The number of halogens is 1. The van der Waals surface area contributed by atoms with Crippen LogP contribution < -0.4 is 11.2 Å². The number of nitrogens with one attached hydrogen (secondary N) is 2. The number of aromatic nitrogens is 2. The smallest absolute Gasteiger partial charge is 0.308 e. The maximum Gasteiger partial charge on any atom is 0.326 e. The zero-order chi connectivity index (χ0) is 11.5. The molecule has 2 N–H and O–H groups in total.